The molecule has 0 aliphatic heterocycles. The highest BCUT2D eigenvalue weighted by Gasteiger charge is 1.99. The van der Waals surface area contributed by atoms with Crippen LogP contribution in [0.25, 0.3) is 0 Å². The van der Waals surface area contributed by atoms with E-state index in [0.717, 1.165) is 30.9 Å². The molecule has 2 nitrogen and oxygen atoms in total. The minimum atomic E-state index is 0.974. The second kappa shape index (κ2) is 9.20. The molecule has 0 bridgehead atoms. The van der Waals surface area contributed by atoms with Gasteiger partial charge in [-0.15, -0.1) is 0 Å². The maximum atomic E-state index is 4.64. The summed E-state index contributed by atoms with van der Waals surface area (Å²) in [5, 5.41) is 3.35. The molecule has 0 saturated heterocycles. The molecule has 2 heteroatoms. The van der Waals surface area contributed by atoms with Crippen LogP contribution in [0, 0.1) is 0 Å². The van der Waals surface area contributed by atoms with Crippen molar-refractivity contribution in [2.24, 2.45) is 4.99 Å². The molecule has 0 aliphatic carbocycles. The van der Waals surface area contributed by atoms with E-state index >= 15 is 0 Å². The van der Waals surface area contributed by atoms with Crippen LogP contribution in [0.15, 0.2) is 29.0 Å². The lowest BCUT2D eigenvalue weighted by atomic mass is 10.2. The van der Waals surface area contributed by atoms with Crippen molar-refractivity contribution in [2.45, 2.75) is 53.4 Å². The second-order valence-corrected chi connectivity index (χ2v) is 4.19. The molecule has 0 fully saturated rings. The Kier molecular flexibility index (Phi) is 8.59. The summed E-state index contributed by atoms with van der Waals surface area (Å²) in [7, 11) is 0. The Morgan fingerprint density at radius 2 is 1.94 bits per heavy atom. The van der Waals surface area contributed by atoms with E-state index in [1.165, 1.54) is 18.4 Å². The van der Waals surface area contributed by atoms with Crippen LogP contribution in [0.2, 0.25) is 0 Å². The maximum absolute atomic E-state index is 4.64. The summed E-state index contributed by atoms with van der Waals surface area (Å²) in [4.78, 5) is 4.64. The Labute approximate surface area is 101 Å². The molecule has 0 heterocycles. The average Bonchev–Trinajstić information content (AvgIpc) is 2.28. The van der Waals surface area contributed by atoms with Gasteiger partial charge in [-0.1, -0.05) is 26.8 Å². The Bertz CT molecular complexity index is 258. The van der Waals surface area contributed by atoms with Crippen molar-refractivity contribution < 1.29 is 0 Å². The monoisotopic (exact) mass is 222 g/mol. The molecule has 0 saturated carbocycles. The molecule has 0 amide bonds. The van der Waals surface area contributed by atoms with Crippen molar-refractivity contribution >= 4 is 5.71 Å². The first-order chi connectivity index (χ1) is 7.65. The van der Waals surface area contributed by atoms with Gasteiger partial charge in [0.25, 0.3) is 0 Å². The molecular weight excluding hydrogens is 196 g/mol. The van der Waals surface area contributed by atoms with E-state index in [1.54, 1.807) is 0 Å². The van der Waals surface area contributed by atoms with Crippen molar-refractivity contribution in [1.29, 1.82) is 0 Å². The fourth-order valence-electron chi connectivity index (χ4n) is 1.28. The quantitative estimate of drug-likeness (QED) is 0.615. The van der Waals surface area contributed by atoms with Crippen LogP contribution in [0.3, 0.4) is 0 Å². The van der Waals surface area contributed by atoms with E-state index in [9.17, 15) is 0 Å². The standard InChI is InChI=1S/C14H26N2/c1-6-9-10-13(8-3)16-14(12(4)5)15-11-7-2/h8,15H,3,6-7,9-11H2,1-2,4-5H3/b16-13+. The number of hydrogen-bond acceptors (Lipinski definition) is 2. The topological polar surface area (TPSA) is 24.4 Å². The average molecular weight is 222 g/mol. The van der Waals surface area contributed by atoms with Gasteiger partial charge < -0.3 is 5.32 Å². The first kappa shape index (κ1) is 14.9. The molecule has 0 rings (SSSR count). The third kappa shape index (κ3) is 6.44. The molecule has 0 aromatic heterocycles. The van der Waals surface area contributed by atoms with Gasteiger partial charge in [-0.3, -0.25) is 0 Å². The van der Waals surface area contributed by atoms with Crippen LogP contribution in [0.1, 0.15) is 53.4 Å². The molecule has 0 aromatic rings. The minimum absolute atomic E-state index is 0.974. The van der Waals surface area contributed by atoms with Gasteiger partial charge in [-0.25, -0.2) is 4.99 Å². The molecule has 0 spiro atoms. The summed E-state index contributed by atoms with van der Waals surface area (Å²) < 4.78 is 0. The van der Waals surface area contributed by atoms with Gasteiger partial charge in [0.2, 0.25) is 0 Å². The van der Waals surface area contributed by atoms with E-state index in [1.807, 2.05) is 6.08 Å². The van der Waals surface area contributed by atoms with Crippen LogP contribution in [0.5, 0.6) is 0 Å². The Hall–Kier alpha value is -1.05. The predicted octanol–water partition coefficient (Wildman–Crippen LogP) is 4.05. The molecular formula is C14H26N2. The van der Waals surface area contributed by atoms with E-state index in [4.69, 9.17) is 0 Å². The van der Waals surface area contributed by atoms with Gasteiger partial charge in [0.15, 0.2) is 0 Å². The number of aliphatic imine (C=N–C) groups is 1. The van der Waals surface area contributed by atoms with Crippen LogP contribution in [-0.2, 0) is 0 Å². The van der Waals surface area contributed by atoms with Crippen molar-refractivity contribution in [3.63, 3.8) is 0 Å². The zero-order chi connectivity index (χ0) is 12.4. The molecule has 92 valence electrons. The number of unbranched alkanes of at least 4 members (excludes halogenated alkanes) is 1. The number of nitrogens with zero attached hydrogens (tertiary/aromatic N) is 1. The summed E-state index contributed by atoms with van der Waals surface area (Å²) in [5.41, 5.74) is 2.31. The fraction of sp³-hybridized carbons (Fsp3) is 0.643. The Morgan fingerprint density at radius 1 is 1.25 bits per heavy atom. The highest BCUT2D eigenvalue weighted by molar-refractivity contribution is 5.95. The van der Waals surface area contributed by atoms with E-state index in [0.29, 0.717) is 0 Å². The second-order valence-electron chi connectivity index (χ2n) is 4.19. The summed E-state index contributed by atoms with van der Waals surface area (Å²) >= 11 is 0. The normalized spacial score (nSPS) is 11.1. The summed E-state index contributed by atoms with van der Waals surface area (Å²) in [6, 6.07) is 0. The third-order valence-electron chi connectivity index (χ3n) is 2.29. The smallest absolute Gasteiger partial charge is 0.124 e. The van der Waals surface area contributed by atoms with E-state index in [-0.39, 0.29) is 0 Å². The Balaban J connectivity index is 4.60. The highest BCUT2D eigenvalue weighted by Crippen LogP contribution is 2.06. The largest absolute Gasteiger partial charge is 0.370 e. The summed E-state index contributed by atoms with van der Waals surface area (Å²) in [6.45, 7) is 13.3. The van der Waals surface area contributed by atoms with Crippen molar-refractivity contribution in [2.75, 3.05) is 6.54 Å². The molecule has 1 N–H and O–H groups in total. The van der Waals surface area contributed by atoms with Gasteiger partial charge in [0, 0.05) is 12.3 Å². The van der Waals surface area contributed by atoms with Crippen LogP contribution in [-0.4, -0.2) is 12.3 Å². The summed E-state index contributed by atoms with van der Waals surface area (Å²) in [5.74, 6) is 1.01. The SMILES string of the molecule is C=C/C(CCCC)=N\C(NCCC)=C(C)C. The molecule has 16 heavy (non-hydrogen) atoms. The van der Waals surface area contributed by atoms with Crippen LogP contribution in [0.4, 0.5) is 0 Å². The molecule has 0 unspecified atom stereocenters. The van der Waals surface area contributed by atoms with Crippen molar-refractivity contribution in [3.05, 3.63) is 24.0 Å². The first-order valence-corrected chi connectivity index (χ1v) is 6.27. The predicted molar refractivity (Wildman–Crippen MR) is 73.8 cm³/mol. The van der Waals surface area contributed by atoms with Gasteiger partial charge >= 0.3 is 0 Å². The number of nitrogens with one attached hydrogen (secondary N) is 1. The summed E-state index contributed by atoms with van der Waals surface area (Å²) in [6.07, 6.45) is 6.37. The van der Waals surface area contributed by atoms with Crippen molar-refractivity contribution in [1.82, 2.24) is 5.32 Å². The molecule has 0 aromatic carbocycles. The first-order valence-electron chi connectivity index (χ1n) is 6.27. The van der Waals surface area contributed by atoms with Crippen LogP contribution < -0.4 is 5.32 Å². The van der Waals surface area contributed by atoms with Gasteiger partial charge in [-0.2, -0.15) is 0 Å². The fourth-order valence-corrected chi connectivity index (χ4v) is 1.28. The zero-order valence-corrected chi connectivity index (χ0v) is 11.3. The maximum Gasteiger partial charge on any atom is 0.124 e. The number of allylic oxidation sites excluding steroid dienone is 2. The van der Waals surface area contributed by atoms with E-state index in [2.05, 4.69) is 44.6 Å². The lowest BCUT2D eigenvalue weighted by Gasteiger charge is -2.09. The third-order valence-corrected chi connectivity index (χ3v) is 2.29. The highest BCUT2D eigenvalue weighted by atomic mass is 15.0. The van der Waals surface area contributed by atoms with Crippen molar-refractivity contribution in [3.8, 4) is 0 Å². The molecule has 0 radical (unpaired) electrons. The molecule has 0 aliphatic rings. The lowest BCUT2D eigenvalue weighted by molar-refractivity contribution is 0.749. The minimum Gasteiger partial charge on any atom is -0.370 e. The number of rotatable bonds is 8. The van der Waals surface area contributed by atoms with Gasteiger partial charge in [-0.05, 0) is 44.8 Å². The zero-order valence-electron chi connectivity index (χ0n) is 11.3. The molecule has 0 atom stereocenters. The van der Waals surface area contributed by atoms with E-state index < -0.39 is 0 Å². The van der Waals surface area contributed by atoms with Crippen LogP contribution >= 0.6 is 0 Å². The Morgan fingerprint density at radius 3 is 2.38 bits per heavy atom. The van der Waals surface area contributed by atoms with Gasteiger partial charge in [0.05, 0.1) is 0 Å². The lowest BCUT2D eigenvalue weighted by Crippen LogP contribution is -2.15. The number of hydrogen-bond donors (Lipinski definition) is 1. The van der Waals surface area contributed by atoms with Gasteiger partial charge in [0.1, 0.15) is 5.82 Å².